The van der Waals surface area contributed by atoms with E-state index in [-0.39, 0.29) is 0 Å². The molecule has 2 heteroatoms. The van der Waals surface area contributed by atoms with E-state index in [0.29, 0.717) is 12.0 Å². The van der Waals surface area contributed by atoms with Crippen molar-refractivity contribution in [2.45, 2.75) is 52.5 Å². The number of hydrogen-bond donors (Lipinski definition) is 1. The van der Waals surface area contributed by atoms with Crippen LogP contribution in [0.2, 0.25) is 5.02 Å². The van der Waals surface area contributed by atoms with Crippen LogP contribution >= 0.6 is 11.6 Å². The zero-order valence-electron chi connectivity index (χ0n) is 12.0. The van der Waals surface area contributed by atoms with Crippen molar-refractivity contribution in [2.24, 2.45) is 5.92 Å². The summed E-state index contributed by atoms with van der Waals surface area (Å²) in [5, 5.41) is 4.37. The molecule has 0 fully saturated rings. The van der Waals surface area contributed by atoms with Gasteiger partial charge in [-0.3, -0.25) is 0 Å². The van der Waals surface area contributed by atoms with Gasteiger partial charge in [-0.25, -0.2) is 0 Å². The van der Waals surface area contributed by atoms with Crippen LogP contribution in [0.15, 0.2) is 24.3 Å². The highest BCUT2D eigenvalue weighted by atomic mass is 35.5. The zero-order valence-corrected chi connectivity index (χ0v) is 12.8. The molecule has 0 aromatic heterocycles. The maximum Gasteiger partial charge on any atom is 0.0406 e. The SMILES string of the molecule is CCC(C)CC(CNC(C)C)c1ccc(Cl)cc1. The Balaban J connectivity index is 2.72. The summed E-state index contributed by atoms with van der Waals surface area (Å²) in [7, 11) is 0. The second kappa shape index (κ2) is 7.81. The molecule has 0 amide bonds. The van der Waals surface area contributed by atoms with Gasteiger partial charge in [-0.05, 0) is 36.0 Å². The molecule has 18 heavy (non-hydrogen) atoms. The van der Waals surface area contributed by atoms with Crippen molar-refractivity contribution in [1.29, 1.82) is 0 Å². The first kappa shape index (κ1) is 15.5. The molecule has 1 nitrogen and oxygen atoms in total. The van der Waals surface area contributed by atoms with Crippen LogP contribution in [0.5, 0.6) is 0 Å². The molecule has 0 aliphatic heterocycles. The molecule has 0 aliphatic rings. The summed E-state index contributed by atoms with van der Waals surface area (Å²) in [6.07, 6.45) is 2.48. The average molecular weight is 268 g/mol. The molecule has 1 rings (SSSR count). The van der Waals surface area contributed by atoms with Gasteiger partial charge in [-0.15, -0.1) is 0 Å². The van der Waals surface area contributed by atoms with Gasteiger partial charge in [-0.1, -0.05) is 57.8 Å². The second-order valence-corrected chi connectivity index (χ2v) is 6.00. The highest BCUT2D eigenvalue weighted by Gasteiger charge is 2.15. The fraction of sp³-hybridized carbons (Fsp3) is 0.625. The van der Waals surface area contributed by atoms with Crippen LogP contribution in [-0.4, -0.2) is 12.6 Å². The van der Waals surface area contributed by atoms with Gasteiger partial charge in [0.25, 0.3) is 0 Å². The van der Waals surface area contributed by atoms with Crippen molar-refractivity contribution in [2.75, 3.05) is 6.54 Å². The molecule has 2 unspecified atom stereocenters. The van der Waals surface area contributed by atoms with Gasteiger partial charge in [0.15, 0.2) is 0 Å². The maximum absolute atomic E-state index is 5.96. The Morgan fingerprint density at radius 3 is 2.22 bits per heavy atom. The summed E-state index contributed by atoms with van der Waals surface area (Å²) in [5.41, 5.74) is 1.40. The Morgan fingerprint density at radius 2 is 1.72 bits per heavy atom. The van der Waals surface area contributed by atoms with Crippen molar-refractivity contribution in [1.82, 2.24) is 5.32 Å². The quantitative estimate of drug-likeness (QED) is 0.744. The molecule has 0 saturated carbocycles. The van der Waals surface area contributed by atoms with E-state index >= 15 is 0 Å². The number of hydrogen-bond acceptors (Lipinski definition) is 1. The van der Waals surface area contributed by atoms with Crippen LogP contribution in [0.25, 0.3) is 0 Å². The summed E-state index contributed by atoms with van der Waals surface area (Å²) in [6.45, 7) is 10.0. The highest BCUT2D eigenvalue weighted by molar-refractivity contribution is 6.30. The predicted molar refractivity (Wildman–Crippen MR) is 81.4 cm³/mol. The number of benzene rings is 1. The van der Waals surface area contributed by atoms with Crippen molar-refractivity contribution in [3.8, 4) is 0 Å². The molecule has 1 N–H and O–H groups in total. The van der Waals surface area contributed by atoms with E-state index in [1.165, 1.54) is 18.4 Å². The first-order valence-corrected chi connectivity index (χ1v) is 7.39. The van der Waals surface area contributed by atoms with Gasteiger partial charge in [0.1, 0.15) is 0 Å². The first-order valence-electron chi connectivity index (χ1n) is 7.01. The lowest BCUT2D eigenvalue weighted by atomic mass is 9.88. The minimum atomic E-state index is 0.539. The fourth-order valence-corrected chi connectivity index (χ4v) is 2.23. The molecule has 1 aromatic rings. The summed E-state index contributed by atoms with van der Waals surface area (Å²) >= 11 is 5.96. The maximum atomic E-state index is 5.96. The molecule has 2 atom stereocenters. The van der Waals surface area contributed by atoms with Gasteiger partial charge >= 0.3 is 0 Å². The minimum Gasteiger partial charge on any atom is -0.314 e. The molecule has 102 valence electrons. The monoisotopic (exact) mass is 267 g/mol. The van der Waals surface area contributed by atoms with Crippen LogP contribution in [0.1, 0.15) is 52.0 Å². The third kappa shape index (κ3) is 5.41. The van der Waals surface area contributed by atoms with E-state index in [4.69, 9.17) is 11.6 Å². The van der Waals surface area contributed by atoms with E-state index in [1.807, 2.05) is 12.1 Å². The Labute approximate surface area is 117 Å². The standard InChI is InChI=1S/C16H26ClN/c1-5-13(4)10-15(11-18-12(2)3)14-6-8-16(17)9-7-14/h6-9,12-13,15,18H,5,10-11H2,1-4H3. The normalized spacial score (nSPS) is 14.8. The summed E-state index contributed by atoms with van der Waals surface area (Å²) in [4.78, 5) is 0. The van der Waals surface area contributed by atoms with Gasteiger partial charge in [-0.2, -0.15) is 0 Å². The summed E-state index contributed by atoms with van der Waals surface area (Å²) < 4.78 is 0. The van der Waals surface area contributed by atoms with E-state index in [9.17, 15) is 0 Å². The van der Waals surface area contributed by atoms with Crippen LogP contribution < -0.4 is 5.32 Å². The molecule has 0 heterocycles. The van der Waals surface area contributed by atoms with E-state index in [0.717, 1.165) is 17.5 Å². The molecule has 0 bridgehead atoms. The van der Waals surface area contributed by atoms with E-state index in [1.54, 1.807) is 0 Å². The van der Waals surface area contributed by atoms with Gasteiger partial charge < -0.3 is 5.32 Å². The second-order valence-electron chi connectivity index (χ2n) is 5.56. The van der Waals surface area contributed by atoms with Gasteiger partial charge in [0, 0.05) is 17.6 Å². The van der Waals surface area contributed by atoms with Crippen LogP contribution in [0.4, 0.5) is 0 Å². The lowest BCUT2D eigenvalue weighted by Gasteiger charge is -2.22. The summed E-state index contributed by atoms with van der Waals surface area (Å²) in [5.74, 6) is 1.35. The molecule has 0 radical (unpaired) electrons. The van der Waals surface area contributed by atoms with Crippen molar-refractivity contribution in [3.05, 3.63) is 34.9 Å². The van der Waals surface area contributed by atoms with Crippen molar-refractivity contribution < 1.29 is 0 Å². The molecule has 1 aromatic carbocycles. The van der Waals surface area contributed by atoms with Gasteiger partial charge in [0.2, 0.25) is 0 Å². The first-order chi connectivity index (χ1) is 8.52. The number of nitrogens with one attached hydrogen (secondary N) is 1. The van der Waals surface area contributed by atoms with Crippen molar-refractivity contribution in [3.63, 3.8) is 0 Å². The van der Waals surface area contributed by atoms with Crippen molar-refractivity contribution >= 4 is 11.6 Å². The van der Waals surface area contributed by atoms with Crippen LogP contribution in [0, 0.1) is 5.92 Å². The lowest BCUT2D eigenvalue weighted by Crippen LogP contribution is -2.28. The third-order valence-electron chi connectivity index (χ3n) is 3.50. The smallest absolute Gasteiger partial charge is 0.0406 e. The van der Waals surface area contributed by atoms with Gasteiger partial charge in [0.05, 0.1) is 0 Å². The molecular weight excluding hydrogens is 242 g/mol. The third-order valence-corrected chi connectivity index (χ3v) is 3.75. The topological polar surface area (TPSA) is 12.0 Å². The Hall–Kier alpha value is -0.530. The Kier molecular flexibility index (Phi) is 6.73. The van der Waals surface area contributed by atoms with Crippen LogP contribution in [-0.2, 0) is 0 Å². The lowest BCUT2D eigenvalue weighted by molar-refractivity contribution is 0.424. The fourth-order valence-electron chi connectivity index (χ4n) is 2.10. The number of rotatable bonds is 7. The molecular formula is C16H26ClN. The Bertz CT molecular complexity index is 331. The number of halogens is 1. The Morgan fingerprint density at radius 1 is 1.11 bits per heavy atom. The van der Waals surface area contributed by atoms with E-state index < -0.39 is 0 Å². The van der Waals surface area contributed by atoms with E-state index in [2.05, 4.69) is 45.1 Å². The highest BCUT2D eigenvalue weighted by Crippen LogP contribution is 2.26. The largest absolute Gasteiger partial charge is 0.314 e. The molecule has 0 spiro atoms. The molecule has 0 aliphatic carbocycles. The average Bonchev–Trinajstić information content (AvgIpc) is 2.35. The van der Waals surface area contributed by atoms with Crippen LogP contribution in [0.3, 0.4) is 0 Å². The predicted octanol–water partition coefficient (Wildman–Crippen LogP) is 4.86. The zero-order chi connectivity index (χ0) is 13.5. The summed E-state index contributed by atoms with van der Waals surface area (Å²) in [6, 6.07) is 8.86. The minimum absolute atomic E-state index is 0.539. The molecule has 0 saturated heterocycles.